The third-order valence-corrected chi connectivity index (χ3v) is 2.84. The second kappa shape index (κ2) is 5.63. The lowest BCUT2D eigenvalue weighted by atomic mass is 10.0. The fourth-order valence-electron chi connectivity index (χ4n) is 1.78. The van der Waals surface area contributed by atoms with Gasteiger partial charge < -0.3 is 10.0 Å². The summed E-state index contributed by atoms with van der Waals surface area (Å²) in [5.74, 6) is -1.56. The number of aromatic hydroxyl groups is 1. The Hall–Kier alpha value is -2.64. The van der Waals surface area contributed by atoms with E-state index in [-0.39, 0.29) is 11.5 Å². The van der Waals surface area contributed by atoms with E-state index in [9.17, 15) is 23.1 Å². The number of anilines is 1. The molecule has 0 fully saturated rings. The number of phenolic OH excluding ortho intramolecular Hbond substituents is 1. The molecule has 116 valence electrons. The van der Waals surface area contributed by atoms with E-state index < -0.39 is 29.0 Å². The number of carbonyl (C=O) groups excluding carboxylic acids is 1. The maximum atomic E-state index is 13.1. The molecule has 22 heavy (non-hydrogen) atoms. The van der Waals surface area contributed by atoms with Crippen LogP contribution in [0.1, 0.15) is 21.6 Å². The molecule has 0 saturated carbocycles. The molecule has 0 radical (unpaired) electrons. The van der Waals surface area contributed by atoms with Crippen LogP contribution in [0.25, 0.3) is 0 Å². The summed E-state index contributed by atoms with van der Waals surface area (Å²) in [6.45, 7) is 0. The topological polar surface area (TPSA) is 66.3 Å². The summed E-state index contributed by atoms with van der Waals surface area (Å²) in [6, 6.07) is 5.35. The van der Waals surface area contributed by atoms with Crippen LogP contribution < -0.4 is 4.90 Å². The lowest BCUT2D eigenvalue weighted by molar-refractivity contribution is -0.141. The van der Waals surface area contributed by atoms with Gasteiger partial charge in [-0.3, -0.25) is 4.79 Å². The number of aromatic nitrogens is 2. The summed E-state index contributed by atoms with van der Waals surface area (Å²) < 4.78 is 39.4. The monoisotopic (exact) mass is 311 g/mol. The van der Waals surface area contributed by atoms with E-state index in [4.69, 9.17) is 0 Å². The first-order chi connectivity index (χ1) is 10.2. The molecule has 0 aliphatic carbocycles. The molecule has 0 amide bonds. The zero-order chi connectivity index (χ0) is 16.5. The molecule has 2 aromatic rings. The quantitative estimate of drug-likeness (QED) is 0.882. The van der Waals surface area contributed by atoms with Crippen molar-refractivity contribution in [2.24, 2.45) is 0 Å². The highest BCUT2D eigenvalue weighted by Crippen LogP contribution is 2.33. The molecule has 1 aromatic heterocycles. The van der Waals surface area contributed by atoms with Gasteiger partial charge in [-0.2, -0.15) is 13.2 Å². The minimum atomic E-state index is -4.82. The zero-order valence-electron chi connectivity index (χ0n) is 11.7. The van der Waals surface area contributed by atoms with Crippen molar-refractivity contribution in [1.29, 1.82) is 0 Å². The molecule has 1 aromatic carbocycles. The number of rotatable bonds is 3. The molecule has 0 saturated heterocycles. The van der Waals surface area contributed by atoms with Gasteiger partial charge in [0.15, 0.2) is 11.5 Å². The molecule has 0 unspecified atom stereocenters. The SMILES string of the molecule is CN(C)c1ncc(C(=O)c2ccccc2O)c(C(F)(F)F)n1. The van der Waals surface area contributed by atoms with Crippen LogP contribution in [0.2, 0.25) is 0 Å². The second-order valence-corrected chi connectivity index (χ2v) is 4.67. The minimum Gasteiger partial charge on any atom is -0.507 e. The van der Waals surface area contributed by atoms with E-state index in [2.05, 4.69) is 9.97 Å². The fraction of sp³-hybridized carbons (Fsp3) is 0.214. The van der Waals surface area contributed by atoms with Crippen molar-refractivity contribution >= 4 is 11.7 Å². The smallest absolute Gasteiger partial charge is 0.434 e. The number of para-hydroxylation sites is 1. The molecule has 1 N–H and O–H groups in total. The highest BCUT2D eigenvalue weighted by atomic mass is 19.4. The Labute approximate surface area is 124 Å². The summed E-state index contributed by atoms with van der Waals surface area (Å²) in [7, 11) is 2.97. The predicted octanol–water partition coefficient (Wildman–Crippen LogP) is 2.50. The Bertz CT molecular complexity index is 715. The van der Waals surface area contributed by atoms with Crippen LogP contribution in [0.5, 0.6) is 5.75 Å². The number of hydrogen-bond acceptors (Lipinski definition) is 5. The summed E-state index contributed by atoms with van der Waals surface area (Å²) in [4.78, 5) is 20.7. The van der Waals surface area contributed by atoms with Crippen molar-refractivity contribution in [2.75, 3.05) is 19.0 Å². The number of phenols is 1. The Morgan fingerprint density at radius 3 is 2.36 bits per heavy atom. The largest absolute Gasteiger partial charge is 0.507 e. The van der Waals surface area contributed by atoms with Crippen LogP contribution >= 0.6 is 0 Å². The first-order valence-electron chi connectivity index (χ1n) is 6.16. The van der Waals surface area contributed by atoms with Crippen LogP contribution in [0.3, 0.4) is 0 Å². The molecule has 2 rings (SSSR count). The first-order valence-corrected chi connectivity index (χ1v) is 6.16. The summed E-state index contributed by atoms with van der Waals surface area (Å²) >= 11 is 0. The van der Waals surface area contributed by atoms with Crippen molar-refractivity contribution in [3.05, 3.63) is 47.3 Å². The normalized spacial score (nSPS) is 11.3. The van der Waals surface area contributed by atoms with Gasteiger partial charge in [0.25, 0.3) is 0 Å². The van der Waals surface area contributed by atoms with E-state index in [0.717, 1.165) is 6.20 Å². The Kier molecular flexibility index (Phi) is 4.03. The third-order valence-electron chi connectivity index (χ3n) is 2.84. The zero-order valence-corrected chi connectivity index (χ0v) is 11.7. The van der Waals surface area contributed by atoms with Gasteiger partial charge in [0.05, 0.1) is 11.1 Å². The number of benzene rings is 1. The van der Waals surface area contributed by atoms with E-state index in [0.29, 0.717) is 0 Å². The van der Waals surface area contributed by atoms with Gasteiger partial charge >= 0.3 is 6.18 Å². The molecule has 0 aliphatic rings. The van der Waals surface area contributed by atoms with Crippen molar-refractivity contribution in [3.63, 3.8) is 0 Å². The number of hydrogen-bond donors (Lipinski definition) is 1. The van der Waals surface area contributed by atoms with Crippen molar-refractivity contribution in [3.8, 4) is 5.75 Å². The molecule has 0 spiro atoms. The van der Waals surface area contributed by atoms with Gasteiger partial charge in [0.2, 0.25) is 5.95 Å². The standard InChI is InChI=1S/C14H12F3N3O2/c1-20(2)13-18-7-9(12(19-13)14(15,16)17)11(22)8-5-3-4-6-10(8)21/h3-7,21H,1-2H3. The lowest BCUT2D eigenvalue weighted by Gasteiger charge is -2.15. The third kappa shape index (κ3) is 3.00. The van der Waals surface area contributed by atoms with Crippen LogP contribution in [-0.2, 0) is 6.18 Å². The molecule has 0 aliphatic heterocycles. The molecular formula is C14H12F3N3O2. The van der Waals surface area contributed by atoms with Gasteiger partial charge in [-0.05, 0) is 12.1 Å². The first kappa shape index (κ1) is 15.7. The van der Waals surface area contributed by atoms with Gasteiger partial charge in [-0.15, -0.1) is 0 Å². The van der Waals surface area contributed by atoms with Crippen LogP contribution in [0, 0.1) is 0 Å². The molecular weight excluding hydrogens is 299 g/mol. The van der Waals surface area contributed by atoms with Crippen molar-refractivity contribution in [2.45, 2.75) is 6.18 Å². The second-order valence-electron chi connectivity index (χ2n) is 4.67. The lowest BCUT2D eigenvalue weighted by Crippen LogP contribution is -2.21. The Balaban J connectivity index is 2.60. The number of carbonyl (C=O) groups is 1. The summed E-state index contributed by atoms with van der Waals surface area (Å²) in [5, 5.41) is 9.63. The Morgan fingerprint density at radius 1 is 1.18 bits per heavy atom. The average Bonchev–Trinajstić information content (AvgIpc) is 2.45. The molecule has 1 heterocycles. The number of ketones is 1. The maximum Gasteiger partial charge on any atom is 0.434 e. The molecule has 8 heteroatoms. The van der Waals surface area contributed by atoms with Crippen LogP contribution in [0.15, 0.2) is 30.5 Å². The highest BCUT2D eigenvalue weighted by molar-refractivity contribution is 6.11. The number of alkyl halides is 3. The van der Waals surface area contributed by atoms with Gasteiger partial charge in [0, 0.05) is 20.3 Å². The highest BCUT2D eigenvalue weighted by Gasteiger charge is 2.38. The fourth-order valence-corrected chi connectivity index (χ4v) is 1.78. The van der Waals surface area contributed by atoms with E-state index in [1.807, 2.05) is 0 Å². The average molecular weight is 311 g/mol. The van der Waals surface area contributed by atoms with Crippen molar-refractivity contribution < 1.29 is 23.1 Å². The van der Waals surface area contributed by atoms with Gasteiger partial charge in [-0.25, -0.2) is 9.97 Å². The minimum absolute atomic E-state index is 0.166. The number of halogens is 3. The van der Waals surface area contributed by atoms with E-state index in [1.165, 1.54) is 43.3 Å². The van der Waals surface area contributed by atoms with Gasteiger partial charge in [0.1, 0.15) is 5.75 Å². The summed E-state index contributed by atoms with van der Waals surface area (Å²) in [6.07, 6.45) is -4.00. The van der Waals surface area contributed by atoms with E-state index >= 15 is 0 Å². The molecule has 0 bridgehead atoms. The Morgan fingerprint density at radius 2 is 1.82 bits per heavy atom. The molecule has 0 atom stereocenters. The van der Waals surface area contributed by atoms with Gasteiger partial charge in [-0.1, -0.05) is 12.1 Å². The number of nitrogens with zero attached hydrogens (tertiary/aromatic N) is 3. The van der Waals surface area contributed by atoms with Crippen LogP contribution in [-0.4, -0.2) is 35.0 Å². The van der Waals surface area contributed by atoms with Crippen molar-refractivity contribution in [1.82, 2.24) is 9.97 Å². The van der Waals surface area contributed by atoms with Crippen LogP contribution in [0.4, 0.5) is 19.1 Å². The van der Waals surface area contributed by atoms with E-state index in [1.54, 1.807) is 0 Å². The summed E-state index contributed by atoms with van der Waals surface area (Å²) in [5.41, 5.74) is -2.28. The predicted molar refractivity (Wildman–Crippen MR) is 72.9 cm³/mol. The molecule has 5 nitrogen and oxygen atoms in total. The maximum absolute atomic E-state index is 13.1.